The second kappa shape index (κ2) is 6.53. The van der Waals surface area contributed by atoms with Crippen LogP contribution in [-0.4, -0.2) is 37.1 Å². The van der Waals surface area contributed by atoms with E-state index in [-0.39, 0.29) is 5.54 Å². The minimum absolute atomic E-state index is 0.131. The Morgan fingerprint density at radius 2 is 1.84 bits per heavy atom. The molecule has 2 nitrogen and oxygen atoms in total. The molecule has 19 heavy (non-hydrogen) atoms. The molecule has 1 unspecified atom stereocenters. The second-order valence-electron chi connectivity index (χ2n) is 6.29. The van der Waals surface area contributed by atoms with Crippen LogP contribution in [0.3, 0.4) is 0 Å². The van der Waals surface area contributed by atoms with Crippen molar-refractivity contribution < 1.29 is 0 Å². The van der Waals surface area contributed by atoms with Crippen LogP contribution >= 0.6 is 0 Å². The Morgan fingerprint density at radius 3 is 2.37 bits per heavy atom. The van der Waals surface area contributed by atoms with Gasteiger partial charge in [-0.15, -0.1) is 0 Å². The first kappa shape index (κ1) is 16.2. The molecule has 0 amide bonds. The van der Waals surface area contributed by atoms with Crippen molar-refractivity contribution in [2.24, 2.45) is 0 Å². The van der Waals surface area contributed by atoms with Crippen LogP contribution < -0.4 is 5.32 Å². The van der Waals surface area contributed by atoms with E-state index in [1.807, 2.05) is 0 Å². The summed E-state index contributed by atoms with van der Waals surface area (Å²) >= 11 is 0. The third-order valence-electron chi connectivity index (χ3n) is 4.38. The van der Waals surface area contributed by atoms with Crippen LogP contribution in [0.25, 0.3) is 0 Å². The van der Waals surface area contributed by atoms with Gasteiger partial charge in [-0.2, -0.15) is 0 Å². The van der Waals surface area contributed by atoms with Crippen molar-refractivity contribution >= 4 is 0 Å². The molecule has 0 aliphatic heterocycles. The molecule has 1 aromatic carbocycles. The lowest BCUT2D eigenvalue weighted by Crippen LogP contribution is -2.56. The molecule has 0 aromatic heterocycles. The van der Waals surface area contributed by atoms with Crippen molar-refractivity contribution in [3.05, 3.63) is 34.9 Å². The fourth-order valence-corrected chi connectivity index (χ4v) is 2.37. The summed E-state index contributed by atoms with van der Waals surface area (Å²) in [7, 11) is 4.32. The van der Waals surface area contributed by atoms with Crippen molar-refractivity contribution in [3.8, 4) is 0 Å². The number of nitrogens with zero attached hydrogens (tertiary/aromatic N) is 1. The second-order valence-corrected chi connectivity index (χ2v) is 6.29. The molecular weight excluding hydrogens is 232 g/mol. The van der Waals surface area contributed by atoms with Crippen LogP contribution in [0.4, 0.5) is 0 Å². The third kappa shape index (κ3) is 4.05. The first-order valence-electron chi connectivity index (χ1n) is 7.26. The highest BCUT2D eigenvalue weighted by Crippen LogP contribution is 2.22. The molecule has 0 saturated heterocycles. The number of hydrogen-bond acceptors (Lipinski definition) is 2. The molecule has 2 heteroatoms. The van der Waals surface area contributed by atoms with E-state index >= 15 is 0 Å². The smallest absolute Gasteiger partial charge is 0.0303 e. The minimum atomic E-state index is 0.131. The molecule has 0 aliphatic carbocycles. The Bertz CT molecular complexity index is 408. The van der Waals surface area contributed by atoms with Gasteiger partial charge in [0, 0.05) is 11.6 Å². The molecule has 1 rings (SSSR count). The van der Waals surface area contributed by atoms with Crippen LogP contribution in [0.1, 0.15) is 37.5 Å². The Hall–Kier alpha value is -0.860. The summed E-state index contributed by atoms with van der Waals surface area (Å²) in [5, 5.41) is 3.66. The van der Waals surface area contributed by atoms with Gasteiger partial charge in [-0.25, -0.2) is 0 Å². The van der Waals surface area contributed by atoms with Gasteiger partial charge < -0.3 is 10.2 Å². The number of rotatable bonds is 6. The van der Waals surface area contributed by atoms with Gasteiger partial charge in [0.1, 0.15) is 0 Å². The number of aryl methyl sites for hydroxylation is 2. The van der Waals surface area contributed by atoms with E-state index in [1.54, 1.807) is 0 Å². The van der Waals surface area contributed by atoms with Gasteiger partial charge in [0.05, 0.1) is 0 Å². The Labute approximate surface area is 119 Å². The summed E-state index contributed by atoms with van der Waals surface area (Å²) in [5.74, 6) is 0. The molecule has 0 saturated carbocycles. The maximum atomic E-state index is 3.66. The Balaban J connectivity index is 2.99. The predicted molar refractivity (Wildman–Crippen MR) is 84.9 cm³/mol. The van der Waals surface area contributed by atoms with E-state index in [0.29, 0.717) is 6.04 Å². The zero-order valence-electron chi connectivity index (χ0n) is 13.7. The zero-order valence-corrected chi connectivity index (χ0v) is 13.7. The summed E-state index contributed by atoms with van der Waals surface area (Å²) < 4.78 is 0. The van der Waals surface area contributed by atoms with E-state index in [1.165, 1.54) is 16.7 Å². The Kier molecular flexibility index (Phi) is 5.57. The predicted octanol–water partition coefficient (Wildman–Crippen LogP) is 3.16. The van der Waals surface area contributed by atoms with Crippen LogP contribution in [0.5, 0.6) is 0 Å². The normalized spacial score (nSPS) is 13.9. The highest BCUT2D eigenvalue weighted by atomic mass is 15.2. The molecule has 0 bridgehead atoms. The van der Waals surface area contributed by atoms with Crippen molar-refractivity contribution in [1.29, 1.82) is 0 Å². The number of hydrogen-bond donors (Lipinski definition) is 1. The first-order chi connectivity index (χ1) is 8.78. The summed E-state index contributed by atoms with van der Waals surface area (Å²) in [4.78, 5) is 2.31. The van der Waals surface area contributed by atoms with Gasteiger partial charge >= 0.3 is 0 Å². The number of likely N-dealkylation sites (N-methyl/N-ethyl adjacent to an activating group) is 2. The maximum Gasteiger partial charge on any atom is 0.0303 e. The molecule has 0 aliphatic rings. The quantitative estimate of drug-likeness (QED) is 0.847. The fraction of sp³-hybridized carbons (Fsp3) is 0.647. The van der Waals surface area contributed by atoms with Crippen molar-refractivity contribution in [2.75, 3.05) is 20.6 Å². The van der Waals surface area contributed by atoms with Gasteiger partial charge in [-0.3, -0.25) is 0 Å². The molecule has 0 heterocycles. The molecular formula is C17H30N2. The van der Waals surface area contributed by atoms with E-state index in [4.69, 9.17) is 0 Å². The summed E-state index contributed by atoms with van der Waals surface area (Å²) in [5.41, 5.74) is 4.33. The SMILES string of the molecule is CCNC(Cc1cc(C)ccc1C)C(C)(C)N(C)C. The fourth-order valence-electron chi connectivity index (χ4n) is 2.37. The topological polar surface area (TPSA) is 15.3 Å². The van der Waals surface area contributed by atoms with Gasteiger partial charge in [-0.05, 0) is 65.9 Å². The van der Waals surface area contributed by atoms with E-state index in [9.17, 15) is 0 Å². The first-order valence-corrected chi connectivity index (χ1v) is 7.26. The molecule has 1 atom stereocenters. The van der Waals surface area contributed by atoms with Gasteiger partial charge in [-0.1, -0.05) is 30.7 Å². The van der Waals surface area contributed by atoms with Crippen LogP contribution in [-0.2, 0) is 6.42 Å². The Morgan fingerprint density at radius 1 is 1.21 bits per heavy atom. The largest absolute Gasteiger partial charge is 0.312 e. The number of nitrogens with one attached hydrogen (secondary N) is 1. The van der Waals surface area contributed by atoms with E-state index in [0.717, 1.165) is 13.0 Å². The maximum absolute atomic E-state index is 3.66. The summed E-state index contributed by atoms with van der Waals surface area (Å²) in [6.45, 7) is 12.2. The minimum Gasteiger partial charge on any atom is -0.312 e. The van der Waals surface area contributed by atoms with Crippen LogP contribution in [0, 0.1) is 13.8 Å². The van der Waals surface area contributed by atoms with E-state index < -0.39 is 0 Å². The van der Waals surface area contributed by atoms with Crippen molar-refractivity contribution in [2.45, 2.75) is 52.6 Å². The average molecular weight is 262 g/mol. The summed E-state index contributed by atoms with van der Waals surface area (Å²) in [6, 6.07) is 7.20. The molecule has 108 valence electrons. The molecule has 1 N–H and O–H groups in total. The lowest BCUT2D eigenvalue weighted by molar-refractivity contribution is 0.138. The van der Waals surface area contributed by atoms with Crippen molar-refractivity contribution in [1.82, 2.24) is 10.2 Å². The lowest BCUT2D eigenvalue weighted by atomic mass is 9.86. The van der Waals surface area contributed by atoms with E-state index in [2.05, 4.69) is 77.1 Å². The molecule has 0 spiro atoms. The van der Waals surface area contributed by atoms with Crippen LogP contribution in [0.15, 0.2) is 18.2 Å². The highest BCUT2D eigenvalue weighted by molar-refractivity contribution is 5.31. The van der Waals surface area contributed by atoms with Crippen molar-refractivity contribution in [3.63, 3.8) is 0 Å². The zero-order chi connectivity index (χ0) is 14.6. The summed E-state index contributed by atoms with van der Waals surface area (Å²) in [6.07, 6.45) is 1.08. The highest BCUT2D eigenvalue weighted by Gasteiger charge is 2.31. The molecule has 0 radical (unpaired) electrons. The molecule has 0 fully saturated rings. The number of benzene rings is 1. The van der Waals surface area contributed by atoms with Gasteiger partial charge in [0.2, 0.25) is 0 Å². The monoisotopic (exact) mass is 262 g/mol. The molecule has 1 aromatic rings. The van der Waals surface area contributed by atoms with Gasteiger partial charge in [0.25, 0.3) is 0 Å². The standard InChI is InChI=1S/C17H30N2/c1-8-18-16(17(4,5)19(6)7)12-15-11-13(2)9-10-14(15)3/h9-11,16,18H,8,12H2,1-7H3. The lowest BCUT2D eigenvalue weighted by Gasteiger charge is -2.41. The van der Waals surface area contributed by atoms with Gasteiger partial charge in [0.15, 0.2) is 0 Å². The third-order valence-corrected chi connectivity index (χ3v) is 4.38. The van der Waals surface area contributed by atoms with Crippen LogP contribution in [0.2, 0.25) is 0 Å². The average Bonchev–Trinajstić information content (AvgIpc) is 2.32.